The number of benzene rings is 1. The lowest BCUT2D eigenvalue weighted by Crippen LogP contribution is -2.30. The molecular weight excluding hydrogens is 272 g/mol. The van der Waals surface area contributed by atoms with Gasteiger partial charge in [0, 0.05) is 38.9 Å². The van der Waals surface area contributed by atoms with Crippen LogP contribution in [0.25, 0.3) is 33.2 Å². The number of aryl methyl sites for hydroxylation is 3. The molecule has 3 heterocycles. The third-order valence-corrected chi connectivity index (χ3v) is 4.07. The Labute approximate surface area is 133 Å². The van der Waals surface area contributed by atoms with Crippen molar-refractivity contribution in [2.24, 2.45) is 7.05 Å². The lowest BCUT2D eigenvalue weighted by molar-refractivity contribution is -0.660. The fourth-order valence-electron chi connectivity index (χ4n) is 2.98. The molecule has 0 fully saturated rings. The van der Waals surface area contributed by atoms with Crippen LogP contribution in [0.15, 0.2) is 53.2 Å². The molecule has 4 aromatic rings. The molecule has 0 aliphatic carbocycles. The molecule has 0 amide bonds. The Bertz CT molecular complexity index is 1110. The Hall–Kier alpha value is -2.68. The van der Waals surface area contributed by atoms with Gasteiger partial charge in [0.05, 0.1) is 5.56 Å². The summed E-state index contributed by atoms with van der Waals surface area (Å²) in [6.45, 7) is -0.267. The lowest BCUT2D eigenvalue weighted by Gasteiger charge is -2.05. The van der Waals surface area contributed by atoms with Gasteiger partial charge in [-0.3, -0.25) is 4.98 Å². The van der Waals surface area contributed by atoms with Crippen LogP contribution in [0.3, 0.4) is 0 Å². The van der Waals surface area contributed by atoms with E-state index in [0.29, 0.717) is 16.6 Å². The Morgan fingerprint density at radius 2 is 2.09 bits per heavy atom. The van der Waals surface area contributed by atoms with Gasteiger partial charge < -0.3 is 4.42 Å². The molecular formula is C19H17N2O+. The zero-order valence-electron chi connectivity index (χ0n) is 15.4. The summed E-state index contributed by atoms with van der Waals surface area (Å²) >= 11 is 0. The van der Waals surface area contributed by atoms with E-state index in [9.17, 15) is 0 Å². The molecule has 0 atom stereocenters. The number of fused-ring (bicyclic) bond motifs is 3. The van der Waals surface area contributed by atoms with E-state index in [1.54, 1.807) is 6.07 Å². The average molecular weight is 292 g/mol. The molecule has 0 spiro atoms. The van der Waals surface area contributed by atoms with Crippen LogP contribution in [0.4, 0.5) is 0 Å². The number of aromatic nitrogens is 2. The second kappa shape index (κ2) is 4.67. The summed E-state index contributed by atoms with van der Waals surface area (Å²) in [5.41, 5.74) is 4.35. The maximum atomic E-state index is 7.79. The number of furan rings is 1. The molecule has 108 valence electrons. The zero-order valence-corrected chi connectivity index (χ0v) is 12.4. The monoisotopic (exact) mass is 292 g/mol. The molecule has 0 aliphatic rings. The molecule has 3 nitrogen and oxygen atoms in total. The molecule has 0 aliphatic heterocycles. The maximum Gasteiger partial charge on any atom is 0.216 e. The Kier molecular flexibility index (Phi) is 2.15. The first-order chi connectivity index (χ1) is 11.9. The molecule has 4 rings (SSSR count). The minimum absolute atomic E-state index is 0.0796. The van der Waals surface area contributed by atoms with Crippen molar-refractivity contribution >= 4 is 21.9 Å². The normalized spacial score (nSPS) is 14.0. The van der Waals surface area contributed by atoms with E-state index in [4.69, 9.17) is 8.53 Å². The maximum absolute atomic E-state index is 7.79. The Balaban J connectivity index is 2.17. The fourth-order valence-corrected chi connectivity index (χ4v) is 2.98. The van der Waals surface area contributed by atoms with E-state index in [1.165, 1.54) is 6.20 Å². The molecule has 22 heavy (non-hydrogen) atoms. The van der Waals surface area contributed by atoms with Gasteiger partial charge in [-0.1, -0.05) is 12.1 Å². The molecule has 0 saturated carbocycles. The van der Waals surface area contributed by atoms with Gasteiger partial charge in [0.25, 0.3) is 0 Å². The highest BCUT2D eigenvalue weighted by molar-refractivity contribution is 6.10. The summed E-state index contributed by atoms with van der Waals surface area (Å²) in [6.07, 6.45) is 3.47. The predicted molar refractivity (Wildman–Crippen MR) is 87.6 cm³/mol. The molecule has 0 saturated heterocycles. The van der Waals surface area contributed by atoms with Crippen LogP contribution in [0.5, 0.6) is 0 Å². The van der Waals surface area contributed by atoms with Gasteiger partial charge in [-0.25, -0.2) is 4.57 Å². The summed E-state index contributed by atoms with van der Waals surface area (Å²) < 4.78 is 31.5. The minimum atomic E-state index is -2.29. The number of hydrogen-bond acceptors (Lipinski definition) is 2. The van der Waals surface area contributed by atoms with Crippen molar-refractivity contribution in [3.8, 4) is 11.3 Å². The first kappa shape index (κ1) is 10.1. The standard InChI is InChI=1S/C19H17N2O/c1-12-7-8-14-18-13(2)20-10-9-16(18)22-19(14)17(12)15-6-4-5-11-21(15)3/h4-11H,1-3H3/q+1/i2D3. The van der Waals surface area contributed by atoms with Gasteiger partial charge in [-0.15, -0.1) is 0 Å². The fraction of sp³-hybridized carbons (Fsp3) is 0.158. The van der Waals surface area contributed by atoms with Crippen LogP contribution in [0.1, 0.15) is 15.4 Å². The minimum Gasteiger partial charge on any atom is -0.455 e. The van der Waals surface area contributed by atoms with Crippen molar-refractivity contribution in [2.75, 3.05) is 0 Å². The Morgan fingerprint density at radius 3 is 2.91 bits per heavy atom. The molecule has 0 unspecified atom stereocenters. The van der Waals surface area contributed by atoms with Gasteiger partial charge in [-0.2, -0.15) is 0 Å². The van der Waals surface area contributed by atoms with Gasteiger partial charge in [-0.05, 0) is 31.5 Å². The number of pyridine rings is 2. The van der Waals surface area contributed by atoms with E-state index in [2.05, 4.69) is 4.98 Å². The van der Waals surface area contributed by atoms with Crippen molar-refractivity contribution in [1.29, 1.82) is 0 Å². The molecule has 1 aromatic carbocycles. The van der Waals surface area contributed by atoms with Crippen molar-refractivity contribution < 1.29 is 13.1 Å². The molecule has 3 heteroatoms. The van der Waals surface area contributed by atoms with Gasteiger partial charge in [0.2, 0.25) is 5.69 Å². The van der Waals surface area contributed by atoms with Crippen molar-refractivity contribution in [3.05, 3.63) is 60.0 Å². The van der Waals surface area contributed by atoms with E-state index in [0.717, 1.165) is 22.2 Å². The first-order valence-electron chi connectivity index (χ1n) is 8.64. The van der Waals surface area contributed by atoms with E-state index >= 15 is 0 Å². The highest BCUT2D eigenvalue weighted by Crippen LogP contribution is 2.37. The highest BCUT2D eigenvalue weighted by Gasteiger charge is 2.20. The molecule has 3 aromatic heterocycles. The van der Waals surface area contributed by atoms with Crippen LogP contribution in [-0.2, 0) is 7.05 Å². The third kappa shape index (κ3) is 1.75. The first-order valence-corrected chi connectivity index (χ1v) is 7.14. The van der Waals surface area contributed by atoms with Crippen LogP contribution in [0.2, 0.25) is 0 Å². The average Bonchev–Trinajstić information content (AvgIpc) is 2.93. The van der Waals surface area contributed by atoms with Crippen LogP contribution in [0, 0.1) is 13.8 Å². The van der Waals surface area contributed by atoms with Crippen molar-refractivity contribution in [1.82, 2.24) is 4.98 Å². The third-order valence-electron chi connectivity index (χ3n) is 4.07. The summed E-state index contributed by atoms with van der Waals surface area (Å²) in [5, 5.41) is 1.34. The SMILES string of the molecule is [2H]C([2H])([2H])c1nccc2oc3c(-c4cccc[n+]4C)c(C)ccc3c12. The van der Waals surface area contributed by atoms with Gasteiger partial charge in [0.15, 0.2) is 6.20 Å². The summed E-state index contributed by atoms with van der Waals surface area (Å²) in [6, 6.07) is 11.6. The van der Waals surface area contributed by atoms with Gasteiger partial charge >= 0.3 is 0 Å². The van der Waals surface area contributed by atoms with Crippen molar-refractivity contribution in [3.63, 3.8) is 0 Å². The molecule has 0 radical (unpaired) electrons. The number of nitrogens with zero attached hydrogens (tertiary/aromatic N) is 2. The van der Waals surface area contributed by atoms with Crippen LogP contribution >= 0.6 is 0 Å². The second-order valence-corrected chi connectivity index (χ2v) is 5.47. The topological polar surface area (TPSA) is 29.9 Å². The van der Waals surface area contributed by atoms with Crippen LogP contribution < -0.4 is 4.57 Å². The van der Waals surface area contributed by atoms with E-state index in [-0.39, 0.29) is 5.69 Å². The number of rotatable bonds is 1. The van der Waals surface area contributed by atoms with Crippen molar-refractivity contribution in [2.45, 2.75) is 13.8 Å². The molecule has 0 bridgehead atoms. The second-order valence-electron chi connectivity index (χ2n) is 5.47. The van der Waals surface area contributed by atoms with Gasteiger partial charge in [0.1, 0.15) is 18.2 Å². The smallest absolute Gasteiger partial charge is 0.216 e. The largest absolute Gasteiger partial charge is 0.455 e. The summed E-state index contributed by atoms with van der Waals surface area (Å²) in [5.74, 6) is 0. The Morgan fingerprint density at radius 1 is 1.18 bits per heavy atom. The van der Waals surface area contributed by atoms with E-state index < -0.39 is 6.85 Å². The number of hydrogen-bond donors (Lipinski definition) is 0. The molecule has 0 N–H and O–H groups in total. The predicted octanol–water partition coefficient (Wildman–Crippen LogP) is 4.09. The highest BCUT2D eigenvalue weighted by atomic mass is 16.3. The summed E-state index contributed by atoms with van der Waals surface area (Å²) in [7, 11) is 1.98. The van der Waals surface area contributed by atoms with E-state index in [1.807, 2.05) is 55.1 Å². The zero-order chi connectivity index (χ0) is 17.8. The van der Waals surface area contributed by atoms with Crippen LogP contribution in [-0.4, -0.2) is 4.98 Å². The lowest BCUT2D eigenvalue weighted by atomic mass is 10.0. The quantitative estimate of drug-likeness (QED) is 0.495. The summed E-state index contributed by atoms with van der Waals surface area (Å²) in [4.78, 5) is 4.12.